The second-order valence-electron chi connectivity index (χ2n) is 8.64. The molecule has 1 unspecified atom stereocenters. The lowest BCUT2D eigenvalue weighted by Gasteiger charge is -2.45. The van der Waals surface area contributed by atoms with Crippen LogP contribution in [0, 0.1) is 0 Å². The topological polar surface area (TPSA) is 68.7 Å². The SMILES string of the molecule is O=C(c1cncc2ccccc12)N1CCN(C(c2ccccc2)c2ccccc2)C(CNO)C1. The zero-order valence-corrected chi connectivity index (χ0v) is 18.9. The van der Waals surface area contributed by atoms with E-state index in [4.69, 9.17) is 0 Å². The summed E-state index contributed by atoms with van der Waals surface area (Å²) in [5.41, 5.74) is 5.36. The molecule has 6 heteroatoms. The van der Waals surface area contributed by atoms with Crippen LogP contribution in [0.2, 0.25) is 0 Å². The van der Waals surface area contributed by atoms with E-state index in [9.17, 15) is 10.0 Å². The van der Waals surface area contributed by atoms with E-state index < -0.39 is 0 Å². The van der Waals surface area contributed by atoms with E-state index in [1.807, 2.05) is 41.3 Å². The van der Waals surface area contributed by atoms with Gasteiger partial charge in [0, 0.05) is 50.0 Å². The standard InChI is InChI=1S/C28H28N4O2/c33-28(26-19-29-17-23-13-7-8-14-25(23)26)31-15-16-32(24(20-31)18-30-34)27(21-9-3-1-4-10-21)22-11-5-2-6-12-22/h1-14,17,19,24,27,30,34H,15-16,18,20H2. The molecule has 1 amide bonds. The van der Waals surface area contributed by atoms with Crippen LogP contribution < -0.4 is 5.48 Å². The predicted octanol–water partition coefficient (Wildman–Crippen LogP) is 4.13. The van der Waals surface area contributed by atoms with Gasteiger partial charge in [-0.15, -0.1) is 0 Å². The third-order valence-electron chi connectivity index (χ3n) is 6.60. The normalized spacial score (nSPS) is 16.8. The summed E-state index contributed by atoms with van der Waals surface area (Å²) in [6.07, 6.45) is 3.44. The third-order valence-corrected chi connectivity index (χ3v) is 6.60. The number of pyridine rings is 1. The molecule has 2 heterocycles. The first-order valence-corrected chi connectivity index (χ1v) is 11.6. The number of benzene rings is 3. The zero-order valence-electron chi connectivity index (χ0n) is 18.9. The molecule has 172 valence electrons. The fourth-order valence-corrected chi connectivity index (χ4v) is 4.98. The smallest absolute Gasteiger partial charge is 0.256 e. The molecule has 1 aliphatic rings. The molecule has 1 atom stereocenters. The van der Waals surface area contributed by atoms with Gasteiger partial charge in [-0.25, -0.2) is 5.48 Å². The molecule has 3 aromatic carbocycles. The summed E-state index contributed by atoms with van der Waals surface area (Å²) in [5, 5.41) is 11.5. The molecule has 0 radical (unpaired) electrons. The number of amides is 1. The molecule has 4 aromatic rings. The summed E-state index contributed by atoms with van der Waals surface area (Å²) < 4.78 is 0. The van der Waals surface area contributed by atoms with Gasteiger partial charge < -0.3 is 10.1 Å². The number of fused-ring (bicyclic) bond motifs is 1. The molecule has 1 saturated heterocycles. The van der Waals surface area contributed by atoms with Crippen LogP contribution in [0.5, 0.6) is 0 Å². The summed E-state index contributed by atoms with van der Waals surface area (Å²) in [6, 6.07) is 28.6. The molecule has 1 aliphatic heterocycles. The molecule has 0 bridgehead atoms. The highest BCUT2D eigenvalue weighted by Gasteiger charge is 2.35. The lowest BCUT2D eigenvalue weighted by Crippen LogP contribution is -2.58. The second-order valence-corrected chi connectivity index (χ2v) is 8.64. The molecule has 5 rings (SSSR count). The molecule has 34 heavy (non-hydrogen) atoms. The maximum absolute atomic E-state index is 13.6. The van der Waals surface area contributed by atoms with Gasteiger partial charge in [-0.2, -0.15) is 0 Å². The average Bonchev–Trinajstić information content (AvgIpc) is 2.90. The van der Waals surface area contributed by atoms with E-state index >= 15 is 0 Å². The molecular formula is C28H28N4O2. The fraction of sp³-hybridized carbons (Fsp3) is 0.214. The summed E-state index contributed by atoms with van der Waals surface area (Å²) in [4.78, 5) is 22.1. The van der Waals surface area contributed by atoms with Gasteiger partial charge in [0.05, 0.1) is 11.6 Å². The number of nitrogens with zero attached hydrogens (tertiary/aromatic N) is 3. The van der Waals surface area contributed by atoms with Crippen molar-refractivity contribution in [2.24, 2.45) is 0 Å². The van der Waals surface area contributed by atoms with Gasteiger partial charge in [-0.3, -0.25) is 14.7 Å². The Labute approximate surface area is 199 Å². The number of hydrogen-bond acceptors (Lipinski definition) is 5. The van der Waals surface area contributed by atoms with Gasteiger partial charge in [0.25, 0.3) is 5.91 Å². The number of nitrogens with one attached hydrogen (secondary N) is 1. The molecule has 2 N–H and O–H groups in total. The van der Waals surface area contributed by atoms with E-state index in [-0.39, 0.29) is 18.0 Å². The maximum atomic E-state index is 13.6. The quantitative estimate of drug-likeness (QED) is 0.431. The van der Waals surface area contributed by atoms with Crippen LogP contribution in [0.25, 0.3) is 10.8 Å². The van der Waals surface area contributed by atoms with Gasteiger partial charge >= 0.3 is 0 Å². The van der Waals surface area contributed by atoms with E-state index in [2.05, 4.69) is 63.9 Å². The van der Waals surface area contributed by atoms with Crippen molar-refractivity contribution in [2.75, 3.05) is 26.2 Å². The van der Waals surface area contributed by atoms with E-state index in [0.29, 0.717) is 31.7 Å². The minimum atomic E-state index is -0.0731. The van der Waals surface area contributed by atoms with Crippen molar-refractivity contribution in [1.29, 1.82) is 0 Å². The summed E-state index contributed by atoms with van der Waals surface area (Å²) in [7, 11) is 0. The highest BCUT2D eigenvalue weighted by molar-refractivity contribution is 6.06. The summed E-state index contributed by atoms with van der Waals surface area (Å²) in [6.45, 7) is 2.14. The summed E-state index contributed by atoms with van der Waals surface area (Å²) >= 11 is 0. The first-order valence-electron chi connectivity index (χ1n) is 11.6. The zero-order chi connectivity index (χ0) is 23.3. The van der Waals surface area contributed by atoms with Crippen molar-refractivity contribution in [3.05, 3.63) is 114 Å². The van der Waals surface area contributed by atoms with Gasteiger partial charge in [-0.05, 0) is 16.5 Å². The lowest BCUT2D eigenvalue weighted by atomic mass is 9.94. The van der Waals surface area contributed by atoms with Gasteiger partial charge in [-0.1, -0.05) is 84.9 Å². The monoisotopic (exact) mass is 452 g/mol. The van der Waals surface area contributed by atoms with Gasteiger partial charge in [0.2, 0.25) is 0 Å². The molecule has 0 aliphatic carbocycles. The number of aromatic nitrogens is 1. The van der Waals surface area contributed by atoms with Crippen molar-refractivity contribution in [1.82, 2.24) is 20.3 Å². The Kier molecular flexibility index (Phi) is 6.62. The van der Waals surface area contributed by atoms with Crippen LogP contribution in [-0.4, -0.2) is 58.1 Å². The van der Waals surface area contributed by atoms with Crippen molar-refractivity contribution >= 4 is 16.7 Å². The molecule has 6 nitrogen and oxygen atoms in total. The Morgan fingerprint density at radius 1 is 0.912 bits per heavy atom. The van der Waals surface area contributed by atoms with Crippen LogP contribution in [0.15, 0.2) is 97.3 Å². The molecule has 1 aromatic heterocycles. The summed E-state index contributed by atoms with van der Waals surface area (Å²) in [5.74, 6) is -0.0251. The van der Waals surface area contributed by atoms with Crippen LogP contribution in [0.3, 0.4) is 0 Å². The van der Waals surface area contributed by atoms with Crippen molar-refractivity contribution in [2.45, 2.75) is 12.1 Å². The Morgan fingerprint density at radius 3 is 2.24 bits per heavy atom. The van der Waals surface area contributed by atoms with Gasteiger partial charge in [0.1, 0.15) is 0 Å². The number of carbonyl (C=O) groups is 1. The molecular weight excluding hydrogens is 424 g/mol. The van der Waals surface area contributed by atoms with E-state index in [0.717, 1.165) is 10.8 Å². The largest absolute Gasteiger partial charge is 0.336 e. The third kappa shape index (κ3) is 4.43. The predicted molar refractivity (Wildman–Crippen MR) is 133 cm³/mol. The number of hydrogen-bond donors (Lipinski definition) is 2. The Hall–Kier alpha value is -3.58. The average molecular weight is 453 g/mol. The Morgan fingerprint density at radius 2 is 1.56 bits per heavy atom. The van der Waals surface area contributed by atoms with Crippen molar-refractivity contribution < 1.29 is 10.0 Å². The Bertz CT molecular complexity index is 1200. The minimum Gasteiger partial charge on any atom is -0.336 e. The van der Waals surface area contributed by atoms with Crippen molar-refractivity contribution in [3.63, 3.8) is 0 Å². The fourth-order valence-electron chi connectivity index (χ4n) is 4.98. The van der Waals surface area contributed by atoms with Crippen LogP contribution in [0.4, 0.5) is 0 Å². The molecule has 0 spiro atoms. The minimum absolute atomic E-state index is 0.0251. The van der Waals surface area contributed by atoms with Gasteiger partial charge in [0.15, 0.2) is 0 Å². The maximum Gasteiger partial charge on any atom is 0.256 e. The van der Waals surface area contributed by atoms with Crippen LogP contribution in [0.1, 0.15) is 27.5 Å². The number of piperazine rings is 1. The first-order chi connectivity index (χ1) is 16.8. The Balaban J connectivity index is 1.45. The second kappa shape index (κ2) is 10.1. The molecule has 1 fully saturated rings. The van der Waals surface area contributed by atoms with E-state index in [1.165, 1.54) is 11.1 Å². The highest BCUT2D eigenvalue weighted by atomic mass is 16.5. The lowest BCUT2D eigenvalue weighted by molar-refractivity contribution is 0.0251. The first kappa shape index (κ1) is 22.2. The number of carbonyl (C=O) groups excluding carboxylic acids is 1. The number of rotatable bonds is 6. The van der Waals surface area contributed by atoms with E-state index in [1.54, 1.807) is 12.4 Å². The van der Waals surface area contributed by atoms with Crippen LogP contribution >= 0.6 is 0 Å². The van der Waals surface area contributed by atoms with Crippen molar-refractivity contribution in [3.8, 4) is 0 Å². The number of hydroxylamine groups is 1. The van der Waals surface area contributed by atoms with Crippen LogP contribution in [-0.2, 0) is 0 Å². The molecule has 0 saturated carbocycles. The highest BCUT2D eigenvalue weighted by Crippen LogP contribution is 2.32.